The summed E-state index contributed by atoms with van der Waals surface area (Å²) in [6.45, 7) is 2.00. The van der Waals surface area contributed by atoms with Crippen LogP contribution in [0.15, 0.2) is 53.1 Å². The molecule has 4 nitrogen and oxygen atoms in total. The van der Waals surface area contributed by atoms with Crippen molar-refractivity contribution < 1.29 is 9.26 Å². The number of hydrogen-bond donors (Lipinski definition) is 0. The van der Waals surface area contributed by atoms with E-state index in [9.17, 15) is 0 Å². The fourth-order valence-electron chi connectivity index (χ4n) is 2.16. The molecule has 0 saturated carbocycles. The van der Waals surface area contributed by atoms with Crippen molar-refractivity contribution in [2.45, 2.75) is 6.92 Å². The van der Waals surface area contributed by atoms with Gasteiger partial charge in [0.05, 0.1) is 7.11 Å². The quantitative estimate of drug-likeness (QED) is 0.691. The Morgan fingerprint density at radius 1 is 1.13 bits per heavy atom. The van der Waals surface area contributed by atoms with E-state index in [0.717, 1.165) is 22.4 Å². The second-order valence-electron chi connectivity index (χ2n) is 5.00. The minimum absolute atomic E-state index is 0.292. The number of halogens is 1. The van der Waals surface area contributed by atoms with E-state index in [4.69, 9.17) is 20.9 Å². The van der Waals surface area contributed by atoms with Crippen LogP contribution in [0.4, 0.5) is 0 Å². The predicted molar refractivity (Wildman–Crippen MR) is 91.2 cm³/mol. The van der Waals surface area contributed by atoms with Gasteiger partial charge in [0.15, 0.2) is 0 Å². The molecule has 0 fully saturated rings. The summed E-state index contributed by atoms with van der Waals surface area (Å²) in [4.78, 5) is 4.37. The zero-order valence-electron chi connectivity index (χ0n) is 12.8. The van der Waals surface area contributed by atoms with Gasteiger partial charge in [-0.15, -0.1) is 0 Å². The fourth-order valence-corrected chi connectivity index (χ4v) is 2.36. The monoisotopic (exact) mass is 326 g/mol. The zero-order chi connectivity index (χ0) is 16.2. The highest BCUT2D eigenvalue weighted by Crippen LogP contribution is 2.25. The van der Waals surface area contributed by atoms with Crippen LogP contribution in [0.5, 0.6) is 5.75 Å². The average Bonchev–Trinajstić information content (AvgIpc) is 3.06. The minimum atomic E-state index is 0.292. The van der Waals surface area contributed by atoms with Crippen molar-refractivity contribution in [1.82, 2.24) is 10.1 Å². The molecule has 3 aromatic rings. The Hall–Kier alpha value is -2.59. The van der Waals surface area contributed by atoms with Crippen LogP contribution in [0.2, 0.25) is 0 Å². The molecule has 1 aromatic heterocycles. The summed E-state index contributed by atoms with van der Waals surface area (Å²) < 4.78 is 10.4. The van der Waals surface area contributed by atoms with Crippen LogP contribution >= 0.6 is 11.6 Å². The van der Waals surface area contributed by atoms with Gasteiger partial charge in [-0.3, -0.25) is 0 Å². The second kappa shape index (κ2) is 6.67. The highest BCUT2D eigenvalue weighted by Gasteiger charge is 2.12. The summed E-state index contributed by atoms with van der Waals surface area (Å²) in [5.74, 6) is 1.61. The van der Waals surface area contributed by atoms with Gasteiger partial charge < -0.3 is 9.26 Å². The number of hydrogen-bond acceptors (Lipinski definition) is 4. The molecule has 0 aliphatic rings. The van der Waals surface area contributed by atoms with E-state index in [2.05, 4.69) is 10.1 Å². The van der Waals surface area contributed by atoms with Crippen molar-refractivity contribution in [3.05, 3.63) is 65.5 Å². The molecule has 0 amide bonds. The molecule has 5 heteroatoms. The summed E-state index contributed by atoms with van der Waals surface area (Å²) in [5.41, 5.74) is 2.93. The lowest BCUT2D eigenvalue weighted by Gasteiger charge is -1.99. The Bertz CT molecular complexity index is 838. The molecule has 0 atom stereocenters. The van der Waals surface area contributed by atoms with Gasteiger partial charge in [-0.25, -0.2) is 0 Å². The number of nitrogens with zero attached hydrogens (tertiary/aromatic N) is 2. The summed E-state index contributed by atoms with van der Waals surface area (Å²) in [5, 5.41) is 4.40. The van der Waals surface area contributed by atoms with E-state index in [-0.39, 0.29) is 0 Å². The van der Waals surface area contributed by atoms with Gasteiger partial charge in [0.1, 0.15) is 10.8 Å². The Morgan fingerprint density at radius 2 is 1.87 bits per heavy atom. The van der Waals surface area contributed by atoms with Crippen LogP contribution in [0.25, 0.3) is 22.5 Å². The topological polar surface area (TPSA) is 48.2 Å². The van der Waals surface area contributed by atoms with Crippen LogP contribution in [-0.4, -0.2) is 17.3 Å². The van der Waals surface area contributed by atoms with Gasteiger partial charge in [-0.2, -0.15) is 4.98 Å². The number of aryl methyl sites for hydroxylation is 1. The number of methoxy groups -OCH3 is 1. The van der Waals surface area contributed by atoms with E-state index in [1.165, 1.54) is 0 Å². The summed E-state index contributed by atoms with van der Waals surface area (Å²) in [6.07, 6.45) is 1.77. The van der Waals surface area contributed by atoms with Crippen LogP contribution in [-0.2, 0) is 0 Å². The molecule has 0 radical (unpaired) electrons. The van der Waals surface area contributed by atoms with Crippen molar-refractivity contribution in [1.29, 1.82) is 0 Å². The number of ether oxygens (including phenoxy) is 1. The maximum atomic E-state index is 6.29. The Labute approximate surface area is 139 Å². The van der Waals surface area contributed by atoms with E-state index < -0.39 is 0 Å². The molecule has 0 N–H and O–H groups in total. The maximum absolute atomic E-state index is 6.29. The zero-order valence-corrected chi connectivity index (χ0v) is 13.5. The Morgan fingerprint density at radius 3 is 2.57 bits per heavy atom. The molecule has 0 bridgehead atoms. The predicted octanol–water partition coefficient (Wildman–Crippen LogP) is 4.79. The van der Waals surface area contributed by atoms with E-state index >= 15 is 0 Å². The molecular weight excluding hydrogens is 312 g/mol. The lowest BCUT2D eigenvalue weighted by Crippen LogP contribution is -1.85. The van der Waals surface area contributed by atoms with Gasteiger partial charge in [0.25, 0.3) is 5.89 Å². The first-order valence-electron chi connectivity index (χ1n) is 7.08. The Kier molecular flexibility index (Phi) is 4.44. The van der Waals surface area contributed by atoms with Gasteiger partial charge >= 0.3 is 0 Å². The second-order valence-corrected chi connectivity index (χ2v) is 5.41. The van der Waals surface area contributed by atoms with Crippen molar-refractivity contribution in [2.24, 2.45) is 0 Å². The number of benzene rings is 2. The maximum Gasteiger partial charge on any atom is 0.269 e. The van der Waals surface area contributed by atoms with Crippen molar-refractivity contribution in [2.75, 3.05) is 7.11 Å². The van der Waals surface area contributed by atoms with Gasteiger partial charge in [-0.05, 0) is 36.3 Å². The largest absolute Gasteiger partial charge is 0.497 e. The van der Waals surface area contributed by atoms with Gasteiger partial charge in [0, 0.05) is 5.56 Å². The molecule has 0 unspecified atom stereocenters. The van der Waals surface area contributed by atoms with E-state index in [1.54, 1.807) is 13.2 Å². The van der Waals surface area contributed by atoms with Crippen LogP contribution in [0, 0.1) is 6.92 Å². The van der Waals surface area contributed by atoms with E-state index in [1.807, 2.05) is 55.5 Å². The fraction of sp³-hybridized carbons (Fsp3) is 0.111. The van der Waals surface area contributed by atoms with Crippen LogP contribution in [0.3, 0.4) is 0 Å². The molecule has 0 saturated heterocycles. The summed E-state index contributed by atoms with van der Waals surface area (Å²) in [7, 11) is 1.63. The standard InChI is InChI=1S/C18H15ClN2O2/c1-12-5-3-4-6-15(12)17-20-18(23-21-17)16(19)11-13-7-9-14(22-2)10-8-13/h3-11H,1-2H3/b16-11-. The third-order valence-electron chi connectivity index (χ3n) is 3.43. The molecule has 23 heavy (non-hydrogen) atoms. The highest BCUT2D eigenvalue weighted by atomic mass is 35.5. The first kappa shape index (κ1) is 15.3. The molecular formula is C18H15ClN2O2. The molecule has 116 valence electrons. The first-order valence-corrected chi connectivity index (χ1v) is 7.46. The Balaban J connectivity index is 1.87. The van der Waals surface area contributed by atoms with Gasteiger partial charge in [-0.1, -0.05) is 53.2 Å². The first-order chi connectivity index (χ1) is 11.2. The highest BCUT2D eigenvalue weighted by molar-refractivity contribution is 6.50. The third kappa shape index (κ3) is 3.43. The summed E-state index contributed by atoms with van der Waals surface area (Å²) >= 11 is 6.29. The number of rotatable bonds is 4. The van der Waals surface area contributed by atoms with E-state index in [0.29, 0.717) is 16.7 Å². The van der Waals surface area contributed by atoms with Crippen molar-refractivity contribution in [3.8, 4) is 17.1 Å². The molecule has 0 aliphatic carbocycles. The van der Waals surface area contributed by atoms with Crippen LogP contribution < -0.4 is 4.74 Å². The van der Waals surface area contributed by atoms with Crippen molar-refractivity contribution >= 4 is 22.7 Å². The molecule has 0 spiro atoms. The molecule has 3 rings (SSSR count). The molecule has 2 aromatic carbocycles. The van der Waals surface area contributed by atoms with Crippen molar-refractivity contribution in [3.63, 3.8) is 0 Å². The van der Waals surface area contributed by atoms with Gasteiger partial charge in [0.2, 0.25) is 5.82 Å². The lowest BCUT2D eigenvalue weighted by atomic mass is 10.1. The third-order valence-corrected chi connectivity index (χ3v) is 3.70. The molecule has 0 aliphatic heterocycles. The number of aromatic nitrogens is 2. The smallest absolute Gasteiger partial charge is 0.269 e. The average molecular weight is 327 g/mol. The summed E-state index contributed by atoms with van der Waals surface area (Å²) in [6, 6.07) is 15.4. The molecule has 1 heterocycles. The van der Waals surface area contributed by atoms with Crippen LogP contribution in [0.1, 0.15) is 17.0 Å². The minimum Gasteiger partial charge on any atom is -0.497 e. The lowest BCUT2D eigenvalue weighted by molar-refractivity contribution is 0.410. The SMILES string of the molecule is COc1ccc(/C=C(\Cl)c2nc(-c3ccccc3C)no2)cc1. The normalized spacial score (nSPS) is 11.5.